The fourth-order valence-corrected chi connectivity index (χ4v) is 4.56. The molecule has 0 aromatic heterocycles. The van der Waals surface area contributed by atoms with Gasteiger partial charge in [-0.05, 0) is 55.5 Å². The van der Waals surface area contributed by atoms with Crippen LogP contribution in [0.2, 0.25) is 0 Å². The van der Waals surface area contributed by atoms with Crippen LogP contribution in [0.3, 0.4) is 0 Å². The summed E-state index contributed by atoms with van der Waals surface area (Å²) >= 11 is 0. The predicted molar refractivity (Wildman–Crippen MR) is 76.6 cm³/mol. The lowest BCUT2D eigenvalue weighted by molar-refractivity contribution is 0.146. The Labute approximate surface area is 114 Å². The van der Waals surface area contributed by atoms with Crippen molar-refractivity contribution in [3.8, 4) is 5.75 Å². The van der Waals surface area contributed by atoms with E-state index in [4.69, 9.17) is 4.74 Å². The van der Waals surface area contributed by atoms with Crippen molar-refractivity contribution >= 4 is 0 Å². The normalized spacial score (nSPS) is 35.4. The maximum Gasteiger partial charge on any atom is 0.119 e. The smallest absolute Gasteiger partial charge is 0.119 e. The zero-order valence-electron chi connectivity index (χ0n) is 11.5. The molecule has 1 aromatic carbocycles. The first kappa shape index (κ1) is 11.5. The second-order valence-corrected chi connectivity index (χ2v) is 6.19. The lowest BCUT2D eigenvalue weighted by Crippen LogP contribution is -2.58. The fourth-order valence-electron chi connectivity index (χ4n) is 4.56. The highest BCUT2D eigenvalue weighted by Gasteiger charge is 2.50. The minimum absolute atomic E-state index is 0.368. The SMILES string of the molecule is COc1ccc2c(c1)[C@]13CCC=C[C@@H]1[C@H](C2)NCC3. The topological polar surface area (TPSA) is 21.3 Å². The van der Waals surface area contributed by atoms with Gasteiger partial charge in [-0.25, -0.2) is 0 Å². The first-order valence-electron chi connectivity index (χ1n) is 7.41. The summed E-state index contributed by atoms with van der Waals surface area (Å²) < 4.78 is 5.46. The lowest BCUT2D eigenvalue weighted by Gasteiger charge is -2.54. The molecule has 0 amide bonds. The van der Waals surface area contributed by atoms with Gasteiger partial charge < -0.3 is 10.1 Å². The van der Waals surface area contributed by atoms with Crippen LogP contribution in [0.1, 0.15) is 30.4 Å². The Balaban J connectivity index is 1.91. The third-order valence-corrected chi connectivity index (χ3v) is 5.44. The first-order valence-corrected chi connectivity index (χ1v) is 7.41. The molecule has 4 rings (SSSR count). The highest BCUT2D eigenvalue weighted by atomic mass is 16.5. The van der Waals surface area contributed by atoms with E-state index < -0.39 is 0 Å². The predicted octanol–water partition coefficient (Wildman–Crippen LogP) is 2.82. The molecule has 2 bridgehead atoms. The van der Waals surface area contributed by atoms with Crippen molar-refractivity contribution in [2.75, 3.05) is 13.7 Å². The molecule has 0 radical (unpaired) electrons. The molecule has 100 valence electrons. The number of methoxy groups -OCH3 is 1. The van der Waals surface area contributed by atoms with Gasteiger partial charge in [-0.2, -0.15) is 0 Å². The van der Waals surface area contributed by atoms with E-state index in [-0.39, 0.29) is 0 Å². The van der Waals surface area contributed by atoms with Crippen molar-refractivity contribution in [2.45, 2.75) is 37.1 Å². The Morgan fingerprint density at radius 1 is 1.32 bits per heavy atom. The zero-order chi connectivity index (χ0) is 12.9. The number of allylic oxidation sites excluding steroid dienone is 1. The van der Waals surface area contributed by atoms with Crippen LogP contribution in [0.5, 0.6) is 5.75 Å². The van der Waals surface area contributed by atoms with E-state index in [0.29, 0.717) is 17.4 Å². The van der Waals surface area contributed by atoms with E-state index >= 15 is 0 Å². The fraction of sp³-hybridized carbons (Fsp3) is 0.529. The molecule has 0 spiro atoms. The Kier molecular flexibility index (Phi) is 2.49. The number of benzene rings is 1. The molecule has 2 heteroatoms. The molecule has 2 aliphatic carbocycles. The molecule has 0 unspecified atom stereocenters. The standard InChI is InChI=1S/C17H21NO/c1-19-13-6-5-12-10-16-14-4-2-3-7-17(14,8-9-18-16)15(12)11-13/h2,4-6,11,14,16,18H,3,7-10H2,1H3/t14-,16+,17+/m1/s1. The Hall–Kier alpha value is -1.28. The second-order valence-electron chi connectivity index (χ2n) is 6.19. The zero-order valence-corrected chi connectivity index (χ0v) is 11.5. The van der Waals surface area contributed by atoms with Crippen molar-refractivity contribution < 1.29 is 4.74 Å². The van der Waals surface area contributed by atoms with E-state index in [0.717, 1.165) is 18.7 Å². The van der Waals surface area contributed by atoms with E-state index in [9.17, 15) is 0 Å². The minimum Gasteiger partial charge on any atom is -0.497 e. The summed E-state index contributed by atoms with van der Waals surface area (Å²) in [5.41, 5.74) is 3.47. The number of hydrogen-bond donors (Lipinski definition) is 1. The number of rotatable bonds is 1. The van der Waals surface area contributed by atoms with Gasteiger partial charge in [-0.1, -0.05) is 18.2 Å². The molecule has 1 heterocycles. The summed E-state index contributed by atoms with van der Waals surface area (Å²) in [5, 5.41) is 3.73. The molecule has 1 N–H and O–H groups in total. The summed E-state index contributed by atoms with van der Waals surface area (Å²) in [4.78, 5) is 0. The average Bonchev–Trinajstić information content (AvgIpc) is 2.47. The third-order valence-electron chi connectivity index (χ3n) is 5.44. The van der Waals surface area contributed by atoms with Crippen molar-refractivity contribution in [3.63, 3.8) is 0 Å². The summed E-state index contributed by atoms with van der Waals surface area (Å²) in [6.45, 7) is 1.16. The first-order chi connectivity index (χ1) is 9.33. The maximum atomic E-state index is 5.46. The quantitative estimate of drug-likeness (QED) is 0.779. The van der Waals surface area contributed by atoms with E-state index in [1.165, 1.54) is 24.8 Å². The number of hydrogen-bond acceptors (Lipinski definition) is 2. The molecule has 3 atom stereocenters. The third kappa shape index (κ3) is 1.53. The van der Waals surface area contributed by atoms with Gasteiger partial charge in [0.15, 0.2) is 0 Å². The van der Waals surface area contributed by atoms with Crippen LogP contribution in [0, 0.1) is 5.92 Å². The molecule has 19 heavy (non-hydrogen) atoms. The van der Waals surface area contributed by atoms with Gasteiger partial charge in [0.05, 0.1) is 7.11 Å². The van der Waals surface area contributed by atoms with Crippen LogP contribution in [-0.4, -0.2) is 19.7 Å². The van der Waals surface area contributed by atoms with Crippen molar-refractivity contribution in [3.05, 3.63) is 41.5 Å². The van der Waals surface area contributed by atoms with Gasteiger partial charge in [0.1, 0.15) is 5.75 Å². The molecular formula is C17H21NO. The molecule has 2 nitrogen and oxygen atoms in total. The highest BCUT2D eigenvalue weighted by Crippen LogP contribution is 2.52. The molecule has 1 fully saturated rings. The molecule has 1 aliphatic heterocycles. The Morgan fingerprint density at radius 2 is 2.26 bits per heavy atom. The monoisotopic (exact) mass is 255 g/mol. The van der Waals surface area contributed by atoms with Crippen LogP contribution >= 0.6 is 0 Å². The van der Waals surface area contributed by atoms with E-state index in [1.807, 2.05) is 0 Å². The molecule has 0 saturated carbocycles. The van der Waals surface area contributed by atoms with Crippen LogP contribution in [-0.2, 0) is 11.8 Å². The highest BCUT2D eigenvalue weighted by molar-refractivity contribution is 5.46. The van der Waals surface area contributed by atoms with Gasteiger partial charge in [0.25, 0.3) is 0 Å². The lowest BCUT2D eigenvalue weighted by atomic mass is 9.54. The Morgan fingerprint density at radius 3 is 3.16 bits per heavy atom. The van der Waals surface area contributed by atoms with E-state index in [2.05, 4.69) is 35.7 Å². The number of nitrogens with one attached hydrogen (secondary N) is 1. The van der Waals surface area contributed by atoms with Crippen molar-refractivity contribution in [1.29, 1.82) is 0 Å². The summed E-state index contributed by atoms with van der Waals surface area (Å²) in [6.07, 6.45) is 9.80. The second kappa shape index (κ2) is 4.11. The summed E-state index contributed by atoms with van der Waals surface area (Å²) in [5.74, 6) is 1.69. The summed E-state index contributed by atoms with van der Waals surface area (Å²) in [7, 11) is 1.77. The molecule has 1 aromatic rings. The average molecular weight is 255 g/mol. The molecule has 3 aliphatic rings. The van der Waals surface area contributed by atoms with Crippen molar-refractivity contribution in [2.24, 2.45) is 5.92 Å². The Bertz CT molecular complexity index is 536. The van der Waals surface area contributed by atoms with Gasteiger partial charge in [0, 0.05) is 17.4 Å². The molecular weight excluding hydrogens is 234 g/mol. The maximum absolute atomic E-state index is 5.46. The number of ether oxygens (including phenoxy) is 1. The van der Waals surface area contributed by atoms with Crippen molar-refractivity contribution in [1.82, 2.24) is 5.32 Å². The van der Waals surface area contributed by atoms with Gasteiger partial charge in [0.2, 0.25) is 0 Å². The number of fused-ring (bicyclic) bond motifs is 1. The van der Waals surface area contributed by atoms with E-state index in [1.54, 1.807) is 12.7 Å². The minimum atomic E-state index is 0.368. The van der Waals surface area contributed by atoms with Gasteiger partial charge in [-0.3, -0.25) is 0 Å². The van der Waals surface area contributed by atoms with Crippen LogP contribution in [0.25, 0.3) is 0 Å². The summed E-state index contributed by atoms with van der Waals surface area (Å²) in [6, 6.07) is 7.34. The largest absolute Gasteiger partial charge is 0.497 e. The van der Waals surface area contributed by atoms with Crippen LogP contribution in [0.4, 0.5) is 0 Å². The van der Waals surface area contributed by atoms with Gasteiger partial charge >= 0.3 is 0 Å². The molecule has 1 saturated heterocycles. The van der Waals surface area contributed by atoms with Crippen LogP contribution < -0.4 is 10.1 Å². The number of piperidine rings is 1. The van der Waals surface area contributed by atoms with Crippen LogP contribution in [0.15, 0.2) is 30.4 Å². The van der Waals surface area contributed by atoms with Gasteiger partial charge in [-0.15, -0.1) is 0 Å².